The van der Waals surface area contributed by atoms with Crippen LogP contribution in [0.15, 0.2) is 0 Å². The Morgan fingerprint density at radius 1 is 1.63 bits per heavy atom. The van der Waals surface area contributed by atoms with Gasteiger partial charge in [-0.3, -0.25) is 4.79 Å². The molecular weight excluding hydrogens is 280 g/mol. The van der Waals surface area contributed by atoms with Crippen molar-refractivity contribution in [3.63, 3.8) is 0 Å². The van der Waals surface area contributed by atoms with Crippen LogP contribution in [0.25, 0.3) is 0 Å². The van der Waals surface area contributed by atoms with E-state index >= 15 is 0 Å². The van der Waals surface area contributed by atoms with Crippen molar-refractivity contribution >= 4 is 40.0 Å². The maximum Gasteiger partial charge on any atom is 0.265 e. The van der Waals surface area contributed by atoms with Gasteiger partial charge in [-0.15, -0.1) is 18.2 Å². The highest BCUT2D eigenvalue weighted by Crippen LogP contribution is 2.30. The van der Waals surface area contributed by atoms with Crippen LogP contribution in [0.3, 0.4) is 0 Å². The maximum atomic E-state index is 11.9. The van der Waals surface area contributed by atoms with Crippen molar-refractivity contribution in [3.05, 3.63) is 4.88 Å². The van der Waals surface area contributed by atoms with Crippen LogP contribution in [0, 0.1) is 12.3 Å². The third kappa shape index (κ3) is 4.33. The smallest absolute Gasteiger partial charge is 0.265 e. The van der Waals surface area contributed by atoms with Crippen LogP contribution in [0.1, 0.15) is 22.5 Å². The lowest BCUT2D eigenvalue weighted by Crippen LogP contribution is -2.25. The van der Waals surface area contributed by atoms with E-state index in [9.17, 15) is 4.79 Å². The second kappa shape index (κ2) is 6.68. The minimum Gasteiger partial charge on any atom is -0.382 e. The first-order chi connectivity index (χ1) is 9.20. The Kier molecular flexibility index (Phi) is 4.93. The number of hydrogen-bond acceptors (Lipinski definition) is 6. The zero-order chi connectivity index (χ0) is 13.7. The molecule has 0 saturated heterocycles. The summed E-state index contributed by atoms with van der Waals surface area (Å²) in [6.45, 7) is 0.577. The van der Waals surface area contributed by atoms with Crippen LogP contribution in [0.5, 0.6) is 0 Å². The van der Waals surface area contributed by atoms with Crippen LogP contribution < -0.4 is 16.4 Å². The molecule has 0 aliphatic heterocycles. The van der Waals surface area contributed by atoms with Gasteiger partial charge >= 0.3 is 0 Å². The van der Waals surface area contributed by atoms with Crippen molar-refractivity contribution < 1.29 is 4.79 Å². The average Bonchev–Trinajstić information content (AvgIpc) is 3.11. The Bertz CT molecular complexity index is 490. The van der Waals surface area contributed by atoms with Crippen LogP contribution >= 0.6 is 23.1 Å². The number of rotatable bonds is 7. The first-order valence-electron chi connectivity index (χ1n) is 6.03. The van der Waals surface area contributed by atoms with E-state index in [2.05, 4.69) is 21.5 Å². The lowest BCUT2D eigenvalue weighted by atomic mass is 10.4. The first-order valence-corrected chi connectivity index (χ1v) is 8.00. The van der Waals surface area contributed by atoms with Crippen LogP contribution in [-0.2, 0) is 0 Å². The van der Waals surface area contributed by atoms with E-state index in [0.29, 0.717) is 29.0 Å². The second-order valence-corrected chi connectivity index (χ2v) is 6.27. The van der Waals surface area contributed by atoms with E-state index in [1.165, 1.54) is 11.3 Å². The van der Waals surface area contributed by atoms with Gasteiger partial charge in [0.15, 0.2) is 5.13 Å². The molecule has 0 aromatic carbocycles. The van der Waals surface area contributed by atoms with Gasteiger partial charge in [-0.1, -0.05) is 17.3 Å². The molecule has 0 radical (unpaired) electrons. The number of terminal acetylenes is 1. The molecule has 7 heteroatoms. The lowest BCUT2D eigenvalue weighted by molar-refractivity contribution is 0.0961. The normalized spacial score (nSPS) is 13.8. The number of nitrogens with zero attached hydrogens (tertiary/aromatic N) is 1. The van der Waals surface area contributed by atoms with Crippen LogP contribution in [-0.4, -0.2) is 35.0 Å². The number of nitrogens with one attached hydrogen (secondary N) is 2. The van der Waals surface area contributed by atoms with E-state index in [1.807, 2.05) is 0 Å². The van der Waals surface area contributed by atoms with E-state index < -0.39 is 0 Å². The molecule has 0 bridgehead atoms. The summed E-state index contributed by atoms with van der Waals surface area (Å²) < 4.78 is 0. The minimum atomic E-state index is -0.167. The molecule has 102 valence electrons. The average molecular weight is 296 g/mol. The van der Waals surface area contributed by atoms with E-state index in [4.69, 9.17) is 12.2 Å². The van der Waals surface area contributed by atoms with Gasteiger partial charge in [0.25, 0.3) is 5.91 Å². The van der Waals surface area contributed by atoms with Gasteiger partial charge in [0.05, 0.1) is 5.75 Å². The summed E-state index contributed by atoms with van der Waals surface area (Å²) in [5.41, 5.74) is 5.76. The van der Waals surface area contributed by atoms with Crippen molar-refractivity contribution in [3.8, 4) is 12.3 Å². The van der Waals surface area contributed by atoms with Gasteiger partial charge in [-0.25, -0.2) is 4.98 Å². The SMILES string of the molecule is C#CCSCCNC(=O)c1sc(NC2CC2)nc1N. The predicted molar refractivity (Wildman–Crippen MR) is 81.7 cm³/mol. The molecule has 4 N–H and O–H groups in total. The number of carbonyl (C=O) groups excluding carboxylic acids is 1. The highest BCUT2D eigenvalue weighted by molar-refractivity contribution is 7.99. The number of hydrogen-bond donors (Lipinski definition) is 3. The van der Waals surface area contributed by atoms with Gasteiger partial charge in [0.2, 0.25) is 0 Å². The third-order valence-corrected chi connectivity index (χ3v) is 4.35. The van der Waals surface area contributed by atoms with Crippen molar-refractivity contribution in [2.75, 3.05) is 29.1 Å². The molecular formula is C12H16N4OS2. The molecule has 1 heterocycles. The Balaban J connectivity index is 1.80. The van der Waals surface area contributed by atoms with Gasteiger partial charge in [-0.2, -0.15) is 0 Å². The Labute approximate surface area is 120 Å². The van der Waals surface area contributed by atoms with Crippen molar-refractivity contribution in [2.24, 2.45) is 0 Å². The number of anilines is 2. The Morgan fingerprint density at radius 2 is 2.42 bits per heavy atom. The topological polar surface area (TPSA) is 80.0 Å². The van der Waals surface area contributed by atoms with Crippen LogP contribution in [0.4, 0.5) is 10.9 Å². The summed E-state index contributed by atoms with van der Waals surface area (Å²) in [7, 11) is 0. The molecule has 0 spiro atoms. The quantitative estimate of drug-likeness (QED) is 0.523. The molecule has 1 aliphatic rings. The van der Waals surface area contributed by atoms with Crippen molar-refractivity contribution in [1.29, 1.82) is 0 Å². The Hall–Kier alpha value is -1.39. The summed E-state index contributed by atoms with van der Waals surface area (Å²) in [5.74, 6) is 4.12. The molecule has 1 amide bonds. The molecule has 1 aliphatic carbocycles. The fourth-order valence-electron chi connectivity index (χ4n) is 1.41. The third-order valence-electron chi connectivity index (χ3n) is 2.48. The molecule has 5 nitrogen and oxygen atoms in total. The summed E-state index contributed by atoms with van der Waals surface area (Å²) in [6.07, 6.45) is 7.46. The molecule has 1 aromatic heterocycles. The number of nitrogens with two attached hydrogens (primary N) is 1. The van der Waals surface area contributed by atoms with E-state index in [1.54, 1.807) is 11.8 Å². The lowest BCUT2D eigenvalue weighted by Gasteiger charge is -2.02. The highest BCUT2D eigenvalue weighted by Gasteiger charge is 2.24. The molecule has 1 fully saturated rings. The number of thiazole rings is 1. The first kappa shape index (κ1) is 14.0. The zero-order valence-electron chi connectivity index (χ0n) is 10.4. The van der Waals surface area contributed by atoms with E-state index in [0.717, 1.165) is 23.7 Å². The zero-order valence-corrected chi connectivity index (χ0v) is 12.1. The van der Waals surface area contributed by atoms with Crippen LogP contribution in [0.2, 0.25) is 0 Å². The molecule has 19 heavy (non-hydrogen) atoms. The molecule has 0 unspecified atom stereocenters. The van der Waals surface area contributed by atoms with Gasteiger partial charge in [0.1, 0.15) is 10.7 Å². The van der Waals surface area contributed by atoms with Crippen molar-refractivity contribution in [2.45, 2.75) is 18.9 Å². The minimum absolute atomic E-state index is 0.167. The monoisotopic (exact) mass is 296 g/mol. The second-order valence-electron chi connectivity index (χ2n) is 4.16. The summed E-state index contributed by atoms with van der Waals surface area (Å²) in [6, 6.07) is 0.502. The molecule has 2 rings (SSSR count). The number of thioether (sulfide) groups is 1. The highest BCUT2D eigenvalue weighted by atomic mass is 32.2. The molecule has 1 saturated carbocycles. The van der Waals surface area contributed by atoms with Gasteiger partial charge in [-0.05, 0) is 12.8 Å². The number of carbonyl (C=O) groups is 1. The van der Waals surface area contributed by atoms with Crippen molar-refractivity contribution in [1.82, 2.24) is 10.3 Å². The fraction of sp³-hybridized carbons (Fsp3) is 0.500. The maximum absolute atomic E-state index is 11.9. The van der Waals surface area contributed by atoms with E-state index in [-0.39, 0.29) is 5.91 Å². The molecule has 1 aromatic rings. The number of nitrogen functional groups attached to an aromatic ring is 1. The number of amides is 1. The summed E-state index contributed by atoms with van der Waals surface area (Å²) >= 11 is 2.92. The largest absolute Gasteiger partial charge is 0.382 e. The standard InChI is InChI=1S/C12H16N4OS2/c1-2-6-18-7-5-14-11(17)9-10(13)16-12(19-9)15-8-3-4-8/h1,8H,3-7,13H2,(H,14,17)(H,15,16). The Morgan fingerprint density at radius 3 is 3.11 bits per heavy atom. The summed E-state index contributed by atoms with van der Waals surface area (Å²) in [5, 5.41) is 6.78. The number of aromatic nitrogens is 1. The summed E-state index contributed by atoms with van der Waals surface area (Å²) in [4.78, 5) is 16.6. The van der Waals surface area contributed by atoms with Gasteiger partial charge < -0.3 is 16.4 Å². The van der Waals surface area contributed by atoms with Gasteiger partial charge in [0, 0.05) is 18.3 Å². The predicted octanol–water partition coefficient (Wildman–Crippen LogP) is 1.40. The fourth-order valence-corrected chi connectivity index (χ4v) is 2.79. The molecule has 0 atom stereocenters.